The van der Waals surface area contributed by atoms with Crippen molar-refractivity contribution in [3.8, 4) is 11.5 Å². The average molecular weight is 521 g/mol. The summed E-state index contributed by atoms with van der Waals surface area (Å²) in [7, 11) is 0. The fourth-order valence-corrected chi connectivity index (χ4v) is 4.91. The monoisotopic (exact) mass is 520 g/mol. The number of rotatable bonds is 21. The SMILES string of the molecule is CCCCCCCCCCCCCCCCCCOc1ccc(C(=O)/C=C\c2cc(C)c(O)c(C)c2)cc1. The van der Waals surface area contributed by atoms with Crippen molar-refractivity contribution in [3.05, 3.63) is 64.7 Å². The maximum atomic E-state index is 12.5. The molecule has 210 valence electrons. The van der Waals surface area contributed by atoms with Crippen molar-refractivity contribution in [1.82, 2.24) is 0 Å². The molecule has 0 heterocycles. The first-order valence-corrected chi connectivity index (χ1v) is 15.3. The molecule has 3 nitrogen and oxygen atoms in total. The number of hydrogen-bond acceptors (Lipinski definition) is 3. The van der Waals surface area contributed by atoms with E-state index in [1.54, 1.807) is 12.2 Å². The number of carbonyl (C=O) groups excluding carboxylic acids is 1. The average Bonchev–Trinajstić information content (AvgIpc) is 2.92. The molecule has 0 atom stereocenters. The molecular weight excluding hydrogens is 468 g/mol. The van der Waals surface area contributed by atoms with E-state index in [0.29, 0.717) is 11.3 Å². The van der Waals surface area contributed by atoms with Crippen LogP contribution in [0.4, 0.5) is 0 Å². The van der Waals surface area contributed by atoms with E-state index in [4.69, 9.17) is 4.74 Å². The molecule has 0 saturated heterocycles. The quantitative estimate of drug-likeness (QED) is 0.101. The minimum absolute atomic E-state index is 0.0438. The van der Waals surface area contributed by atoms with Gasteiger partial charge < -0.3 is 9.84 Å². The Morgan fingerprint density at radius 1 is 0.711 bits per heavy atom. The molecule has 0 amide bonds. The zero-order valence-electron chi connectivity index (χ0n) is 24.4. The summed E-state index contributed by atoms with van der Waals surface area (Å²) in [4.78, 5) is 12.5. The molecular formula is C35H52O3. The van der Waals surface area contributed by atoms with Crippen LogP contribution in [0.1, 0.15) is 137 Å². The lowest BCUT2D eigenvalue weighted by Gasteiger charge is -2.07. The Bertz CT molecular complexity index is 919. The van der Waals surface area contributed by atoms with E-state index < -0.39 is 0 Å². The molecule has 0 aromatic heterocycles. The number of ether oxygens (including phenoxy) is 1. The van der Waals surface area contributed by atoms with Gasteiger partial charge in [-0.05, 0) is 79.4 Å². The van der Waals surface area contributed by atoms with Gasteiger partial charge >= 0.3 is 0 Å². The van der Waals surface area contributed by atoms with Gasteiger partial charge in [0.1, 0.15) is 11.5 Å². The van der Waals surface area contributed by atoms with Crippen LogP contribution in [0.3, 0.4) is 0 Å². The first kappa shape index (κ1) is 31.7. The summed E-state index contributed by atoms with van der Waals surface area (Å²) < 4.78 is 5.87. The van der Waals surface area contributed by atoms with Crippen molar-refractivity contribution in [2.75, 3.05) is 6.61 Å². The first-order chi connectivity index (χ1) is 18.5. The summed E-state index contributed by atoms with van der Waals surface area (Å²) in [6, 6.07) is 11.2. The smallest absolute Gasteiger partial charge is 0.185 e. The molecule has 0 unspecified atom stereocenters. The second kappa shape index (κ2) is 19.5. The molecule has 0 saturated carbocycles. The second-order valence-corrected chi connectivity index (χ2v) is 10.9. The topological polar surface area (TPSA) is 46.5 Å². The highest BCUT2D eigenvalue weighted by Crippen LogP contribution is 2.24. The van der Waals surface area contributed by atoms with E-state index in [9.17, 15) is 9.90 Å². The van der Waals surface area contributed by atoms with Crippen LogP contribution in [0.5, 0.6) is 11.5 Å². The Kier molecular flexibility index (Phi) is 16.3. The molecule has 0 radical (unpaired) electrons. The minimum atomic E-state index is -0.0438. The number of aryl methyl sites for hydroxylation is 2. The lowest BCUT2D eigenvalue weighted by atomic mass is 10.0. The van der Waals surface area contributed by atoms with Gasteiger partial charge in [-0.25, -0.2) is 0 Å². The number of benzene rings is 2. The third-order valence-electron chi connectivity index (χ3n) is 7.35. The van der Waals surface area contributed by atoms with Gasteiger partial charge in [-0.15, -0.1) is 0 Å². The maximum Gasteiger partial charge on any atom is 0.185 e. The number of unbranched alkanes of at least 4 members (excludes halogenated alkanes) is 15. The predicted octanol–water partition coefficient (Wildman–Crippen LogP) is 10.5. The van der Waals surface area contributed by atoms with Crippen molar-refractivity contribution in [1.29, 1.82) is 0 Å². The van der Waals surface area contributed by atoms with Crippen LogP contribution >= 0.6 is 0 Å². The fourth-order valence-electron chi connectivity index (χ4n) is 4.91. The molecule has 0 spiro atoms. The first-order valence-electron chi connectivity index (χ1n) is 15.3. The summed E-state index contributed by atoms with van der Waals surface area (Å²) in [5.74, 6) is 1.08. The number of hydrogen-bond donors (Lipinski definition) is 1. The van der Waals surface area contributed by atoms with Crippen LogP contribution in [0, 0.1) is 13.8 Å². The minimum Gasteiger partial charge on any atom is -0.507 e. The Labute approximate surface area is 232 Å². The molecule has 3 heteroatoms. The van der Waals surface area contributed by atoms with E-state index in [0.717, 1.165) is 35.5 Å². The lowest BCUT2D eigenvalue weighted by molar-refractivity contribution is 0.104. The van der Waals surface area contributed by atoms with Crippen molar-refractivity contribution in [2.45, 2.75) is 124 Å². The number of ketones is 1. The van der Waals surface area contributed by atoms with Crippen molar-refractivity contribution < 1.29 is 14.6 Å². The molecule has 0 aliphatic carbocycles. The highest BCUT2D eigenvalue weighted by atomic mass is 16.5. The highest BCUT2D eigenvalue weighted by molar-refractivity contribution is 6.06. The number of carbonyl (C=O) groups is 1. The Hall–Kier alpha value is -2.55. The molecule has 2 aromatic rings. The third-order valence-corrected chi connectivity index (χ3v) is 7.35. The van der Waals surface area contributed by atoms with Gasteiger partial charge in [-0.3, -0.25) is 4.79 Å². The number of aromatic hydroxyl groups is 1. The van der Waals surface area contributed by atoms with Crippen LogP contribution < -0.4 is 4.74 Å². The van der Waals surface area contributed by atoms with E-state index in [1.165, 1.54) is 96.3 Å². The zero-order valence-corrected chi connectivity index (χ0v) is 24.4. The van der Waals surface area contributed by atoms with Gasteiger partial charge in [0.25, 0.3) is 0 Å². The molecule has 1 N–H and O–H groups in total. The van der Waals surface area contributed by atoms with Crippen LogP contribution in [0.25, 0.3) is 6.08 Å². The Morgan fingerprint density at radius 3 is 1.63 bits per heavy atom. The largest absolute Gasteiger partial charge is 0.507 e. The molecule has 2 aromatic carbocycles. The van der Waals surface area contributed by atoms with Crippen molar-refractivity contribution in [2.24, 2.45) is 0 Å². The summed E-state index contributed by atoms with van der Waals surface area (Å²) >= 11 is 0. The normalized spacial score (nSPS) is 11.3. The zero-order chi connectivity index (χ0) is 27.4. The van der Waals surface area contributed by atoms with Gasteiger partial charge in [0.15, 0.2) is 5.78 Å². The molecule has 0 fully saturated rings. The highest BCUT2D eigenvalue weighted by Gasteiger charge is 2.05. The van der Waals surface area contributed by atoms with Gasteiger partial charge in [-0.1, -0.05) is 109 Å². The van der Waals surface area contributed by atoms with Crippen LogP contribution in [-0.2, 0) is 0 Å². The van der Waals surface area contributed by atoms with Crippen LogP contribution in [0.15, 0.2) is 42.5 Å². The molecule has 0 bridgehead atoms. The summed E-state index contributed by atoms with van der Waals surface area (Å²) in [5, 5.41) is 9.90. The third kappa shape index (κ3) is 13.3. The second-order valence-electron chi connectivity index (χ2n) is 10.9. The van der Waals surface area contributed by atoms with Crippen molar-refractivity contribution >= 4 is 11.9 Å². The van der Waals surface area contributed by atoms with Gasteiger partial charge in [-0.2, -0.15) is 0 Å². The number of phenolic OH excluding ortho intramolecular Hbond substituents is 1. The maximum absolute atomic E-state index is 12.5. The number of allylic oxidation sites excluding steroid dienone is 1. The Balaban J connectivity index is 1.48. The Morgan fingerprint density at radius 2 is 1.16 bits per heavy atom. The summed E-state index contributed by atoms with van der Waals surface area (Å²) in [5.41, 5.74) is 3.17. The molecule has 0 aliphatic heterocycles. The van der Waals surface area contributed by atoms with E-state index in [1.807, 2.05) is 50.2 Å². The molecule has 0 aliphatic rings. The summed E-state index contributed by atoms with van der Waals surface area (Å²) in [6.45, 7) is 6.73. The number of phenols is 1. The lowest BCUT2D eigenvalue weighted by Crippen LogP contribution is -1.99. The van der Waals surface area contributed by atoms with Crippen molar-refractivity contribution in [3.63, 3.8) is 0 Å². The van der Waals surface area contributed by atoms with Crippen LogP contribution in [0.2, 0.25) is 0 Å². The van der Waals surface area contributed by atoms with E-state index in [-0.39, 0.29) is 5.78 Å². The molecule has 2 rings (SSSR count). The standard InChI is InChI=1S/C35H52O3/c1-4-5-6-7-8-9-10-11-12-13-14-15-16-17-18-19-26-38-33-23-21-32(22-24-33)34(36)25-20-31-27-29(2)35(37)30(3)28-31/h20-25,27-28,37H,4-19,26H2,1-3H3/b25-20-. The van der Waals surface area contributed by atoms with Gasteiger partial charge in [0.2, 0.25) is 0 Å². The fraction of sp³-hybridized carbons (Fsp3) is 0.571. The van der Waals surface area contributed by atoms with E-state index in [2.05, 4.69) is 6.92 Å². The summed E-state index contributed by atoms with van der Waals surface area (Å²) in [6.07, 6.45) is 25.2. The molecule has 38 heavy (non-hydrogen) atoms. The van der Waals surface area contributed by atoms with Gasteiger partial charge in [0, 0.05) is 5.56 Å². The van der Waals surface area contributed by atoms with Crippen LogP contribution in [-0.4, -0.2) is 17.5 Å². The predicted molar refractivity (Wildman–Crippen MR) is 162 cm³/mol. The van der Waals surface area contributed by atoms with Gasteiger partial charge in [0.05, 0.1) is 6.61 Å². The van der Waals surface area contributed by atoms with E-state index >= 15 is 0 Å².